The molecule has 0 amide bonds. The van der Waals surface area contributed by atoms with Gasteiger partial charge in [-0.2, -0.15) is 0 Å². The molecule has 0 aliphatic carbocycles. The Morgan fingerprint density at radius 3 is 2.14 bits per heavy atom. The first-order chi connectivity index (χ1) is 10.2. The van der Waals surface area contributed by atoms with Crippen LogP contribution in [0.15, 0.2) is 60.8 Å². The highest BCUT2D eigenvalue weighted by atomic mass is 16.5. The second-order valence-electron chi connectivity index (χ2n) is 4.88. The lowest BCUT2D eigenvalue weighted by Crippen LogP contribution is -1.94. The van der Waals surface area contributed by atoms with Gasteiger partial charge in [-0.25, -0.2) is 0 Å². The molecule has 21 heavy (non-hydrogen) atoms. The van der Waals surface area contributed by atoms with Crippen LogP contribution in [-0.2, 0) is 0 Å². The van der Waals surface area contributed by atoms with Gasteiger partial charge < -0.3 is 4.74 Å². The average molecular weight is 276 g/mol. The lowest BCUT2D eigenvalue weighted by Gasteiger charge is -2.08. The third-order valence-electron chi connectivity index (χ3n) is 3.17. The number of hydrogen-bond donors (Lipinski definition) is 0. The van der Waals surface area contributed by atoms with Gasteiger partial charge in [-0.1, -0.05) is 18.2 Å². The Balaban J connectivity index is 1.84. The van der Waals surface area contributed by atoms with E-state index in [0.29, 0.717) is 0 Å². The lowest BCUT2D eigenvalue weighted by atomic mass is 10.1. The molecular formula is C18H16N2O. The molecule has 3 nitrogen and oxygen atoms in total. The summed E-state index contributed by atoms with van der Waals surface area (Å²) in [4.78, 5) is 8.90. The summed E-state index contributed by atoms with van der Waals surface area (Å²) in [5, 5.41) is 0. The van der Waals surface area contributed by atoms with Crippen LogP contribution in [0.25, 0.3) is 11.3 Å². The van der Waals surface area contributed by atoms with E-state index in [0.717, 1.165) is 34.1 Å². The fourth-order valence-corrected chi connectivity index (χ4v) is 2.19. The molecule has 0 spiro atoms. The molecule has 0 radical (unpaired) electrons. The molecule has 0 bridgehead atoms. The van der Waals surface area contributed by atoms with E-state index in [1.54, 1.807) is 6.20 Å². The van der Waals surface area contributed by atoms with Gasteiger partial charge in [0, 0.05) is 11.8 Å². The topological polar surface area (TPSA) is 35.0 Å². The van der Waals surface area contributed by atoms with Crippen molar-refractivity contribution in [3.05, 3.63) is 72.2 Å². The molecule has 3 heteroatoms. The van der Waals surface area contributed by atoms with Crippen LogP contribution in [-0.4, -0.2) is 9.97 Å². The van der Waals surface area contributed by atoms with E-state index in [4.69, 9.17) is 4.74 Å². The van der Waals surface area contributed by atoms with Crippen LogP contribution < -0.4 is 4.74 Å². The fraction of sp³-hybridized carbons (Fsp3) is 0.111. The third-order valence-corrected chi connectivity index (χ3v) is 3.17. The molecule has 0 aliphatic rings. The zero-order valence-corrected chi connectivity index (χ0v) is 12.1. The van der Waals surface area contributed by atoms with Crippen molar-refractivity contribution in [2.45, 2.75) is 13.8 Å². The first kappa shape index (κ1) is 13.3. The second kappa shape index (κ2) is 5.75. The molecule has 104 valence electrons. The Labute approximate surface area is 124 Å². The lowest BCUT2D eigenvalue weighted by molar-refractivity contribution is 0.483. The minimum Gasteiger partial charge on any atom is -0.457 e. The van der Waals surface area contributed by atoms with Crippen LogP contribution in [0.4, 0.5) is 0 Å². The Morgan fingerprint density at radius 1 is 0.810 bits per heavy atom. The second-order valence-corrected chi connectivity index (χ2v) is 4.88. The average Bonchev–Trinajstić information content (AvgIpc) is 2.49. The minimum absolute atomic E-state index is 0.808. The predicted octanol–water partition coefficient (Wildman–Crippen LogP) is 4.55. The summed E-state index contributed by atoms with van der Waals surface area (Å²) in [5.74, 6) is 1.64. The van der Waals surface area contributed by atoms with Crippen molar-refractivity contribution in [3.8, 4) is 22.8 Å². The molecule has 0 atom stereocenters. The summed E-state index contributed by atoms with van der Waals surface area (Å²) in [6, 6.07) is 17.6. The van der Waals surface area contributed by atoms with Crippen molar-refractivity contribution in [3.63, 3.8) is 0 Å². The molecule has 0 saturated heterocycles. The van der Waals surface area contributed by atoms with Crippen molar-refractivity contribution in [1.82, 2.24) is 9.97 Å². The number of hydrogen-bond acceptors (Lipinski definition) is 3. The quantitative estimate of drug-likeness (QED) is 0.703. The van der Waals surface area contributed by atoms with E-state index in [1.165, 1.54) is 0 Å². The zero-order valence-electron chi connectivity index (χ0n) is 12.1. The molecular weight excluding hydrogens is 260 g/mol. The van der Waals surface area contributed by atoms with Gasteiger partial charge in [-0.3, -0.25) is 9.97 Å². The third kappa shape index (κ3) is 3.08. The van der Waals surface area contributed by atoms with Gasteiger partial charge in [0.25, 0.3) is 0 Å². The van der Waals surface area contributed by atoms with Crippen molar-refractivity contribution < 1.29 is 4.74 Å². The molecule has 0 saturated carbocycles. The summed E-state index contributed by atoms with van der Waals surface area (Å²) in [6.45, 7) is 3.92. The molecule has 0 unspecified atom stereocenters. The summed E-state index contributed by atoms with van der Waals surface area (Å²) in [6.07, 6.45) is 1.79. The maximum absolute atomic E-state index is 5.78. The fourth-order valence-electron chi connectivity index (χ4n) is 2.19. The van der Waals surface area contributed by atoms with Gasteiger partial charge in [-0.15, -0.1) is 0 Å². The standard InChI is InChI=1S/C18H16N2O/c1-13-12-19-18(14(2)20-13)15-8-10-17(11-9-15)21-16-6-4-3-5-7-16/h3-12H,1-2H3. The Morgan fingerprint density at radius 2 is 1.48 bits per heavy atom. The van der Waals surface area contributed by atoms with E-state index >= 15 is 0 Å². The van der Waals surface area contributed by atoms with Crippen LogP contribution in [0.1, 0.15) is 11.4 Å². The van der Waals surface area contributed by atoms with Gasteiger partial charge in [0.1, 0.15) is 11.5 Å². The Kier molecular flexibility index (Phi) is 3.65. The highest BCUT2D eigenvalue weighted by Crippen LogP contribution is 2.25. The number of para-hydroxylation sites is 1. The van der Waals surface area contributed by atoms with Crippen molar-refractivity contribution >= 4 is 0 Å². The predicted molar refractivity (Wildman–Crippen MR) is 83.5 cm³/mol. The molecule has 0 fully saturated rings. The summed E-state index contributed by atoms with van der Waals surface area (Å²) < 4.78 is 5.78. The van der Waals surface area contributed by atoms with Gasteiger partial charge in [-0.05, 0) is 50.2 Å². The van der Waals surface area contributed by atoms with Crippen molar-refractivity contribution in [2.24, 2.45) is 0 Å². The van der Waals surface area contributed by atoms with E-state index in [-0.39, 0.29) is 0 Å². The molecule has 3 rings (SSSR count). The number of rotatable bonds is 3. The maximum Gasteiger partial charge on any atom is 0.127 e. The van der Waals surface area contributed by atoms with Crippen LogP contribution >= 0.6 is 0 Å². The van der Waals surface area contributed by atoms with E-state index in [1.807, 2.05) is 68.4 Å². The Hall–Kier alpha value is -2.68. The van der Waals surface area contributed by atoms with Crippen LogP contribution in [0, 0.1) is 13.8 Å². The smallest absolute Gasteiger partial charge is 0.127 e. The molecule has 0 aliphatic heterocycles. The maximum atomic E-state index is 5.78. The summed E-state index contributed by atoms with van der Waals surface area (Å²) in [7, 11) is 0. The van der Waals surface area contributed by atoms with Gasteiger partial charge in [0.2, 0.25) is 0 Å². The zero-order chi connectivity index (χ0) is 14.7. The first-order valence-corrected chi connectivity index (χ1v) is 6.86. The number of aryl methyl sites for hydroxylation is 2. The normalized spacial score (nSPS) is 10.4. The van der Waals surface area contributed by atoms with Crippen molar-refractivity contribution in [2.75, 3.05) is 0 Å². The number of ether oxygens (including phenoxy) is 1. The van der Waals surface area contributed by atoms with E-state index in [9.17, 15) is 0 Å². The van der Waals surface area contributed by atoms with E-state index < -0.39 is 0 Å². The SMILES string of the molecule is Cc1cnc(-c2ccc(Oc3ccccc3)cc2)c(C)n1. The monoisotopic (exact) mass is 276 g/mol. The molecule has 3 aromatic rings. The molecule has 1 aromatic heterocycles. The van der Waals surface area contributed by atoms with Crippen LogP contribution in [0.2, 0.25) is 0 Å². The Bertz CT molecular complexity index is 737. The minimum atomic E-state index is 0.808. The number of aromatic nitrogens is 2. The van der Waals surface area contributed by atoms with Crippen LogP contribution in [0.5, 0.6) is 11.5 Å². The van der Waals surface area contributed by atoms with Gasteiger partial charge in [0.05, 0.1) is 17.1 Å². The first-order valence-electron chi connectivity index (χ1n) is 6.86. The molecule has 2 aromatic carbocycles. The largest absolute Gasteiger partial charge is 0.457 e. The van der Waals surface area contributed by atoms with Gasteiger partial charge in [0.15, 0.2) is 0 Å². The number of nitrogens with zero attached hydrogens (tertiary/aromatic N) is 2. The molecule has 0 N–H and O–H groups in total. The molecule has 1 heterocycles. The summed E-state index contributed by atoms with van der Waals surface area (Å²) >= 11 is 0. The highest BCUT2D eigenvalue weighted by molar-refractivity contribution is 5.62. The van der Waals surface area contributed by atoms with Crippen LogP contribution in [0.3, 0.4) is 0 Å². The van der Waals surface area contributed by atoms with E-state index in [2.05, 4.69) is 9.97 Å². The summed E-state index contributed by atoms with van der Waals surface area (Å²) in [5.41, 5.74) is 3.82. The van der Waals surface area contributed by atoms with Gasteiger partial charge >= 0.3 is 0 Å². The van der Waals surface area contributed by atoms with Crippen molar-refractivity contribution in [1.29, 1.82) is 0 Å². The highest BCUT2D eigenvalue weighted by Gasteiger charge is 2.05. The number of benzene rings is 2.